The highest BCUT2D eigenvalue weighted by atomic mass is 19.1. The van der Waals surface area contributed by atoms with E-state index in [4.69, 9.17) is 10.5 Å². The van der Waals surface area contributed by atoms with Crippen LogP contribution in [0, 0.1) is 5.92 Å². The summed E-state index contributed by atoms with van der Waals surface area (Å²) in [6, 6.07) is -1.42. The van der Waals surface area contributed by atoms with Crippen molar-refractivity contribution in [3.8, 4) is 0 Å². The first-order valence-electron chi connectivity index (χ1n) is 7.22. The van der Waals surface area contributed by atoms with Gasteiger partial charge in [0.05, 0.1) is 12.6 Å². The van der Waals surface area contributed by atoms with Crippen molar-refractivity contribution < 1.29 is 24.1 Å². The number of hydrogen-bond donors (Lipinski definition) is 4. The van der Waals surface area contributed by atoms with Gasteiger partial charge in [-0.2, -0.15) is 0 Å². The summed E-state index contributed by atoms with van der Waals surface area (Å²) in [7, 11) is 0. The molecule has 0 spiro atoms. The Morgan fingerprint density at radius 3 is 2.91 bits per heavy atom. The summed E-state index contributed by atoms with van der Waals surface area (Å²) in [4.78, 5) is 20.0. The minimum atomic E-state index is -1.70. The topological polar surface area (TPSA) is 130 Å². The van der Waals surface area contributed by atoms with Crippen LogP contribution in [0.25, 0.3) is 0 Å². The van der Waals surface area contributed by atoms with Crippen LogP contribution in [0.1, 0.15) is 13.3 Å². The van der Waals surface area contributed by atoms with E-state index in [-0.39, 0.29) is 12.4 Å². The number of hydrogen-bond acceptors (Lipinski definition) is 7. The molecule has 3 aliphatic rings. The highest BCUT2D eigenvalue weighted by Crippen LogP contribution is 2.41. The second kappa shape index (κ2) is 5.25. The molecule has 0 bridgehead atoms. The van der Waals surface area contributed by atoms with Gasteiger partial charge in [0.15, 0.2) is 18.2 Å². The minimum absolute atomic E-state index is 0.0420. The molecule has 3 heterocycles. The van der Waals surface area contributed by atoms with Gasteiger partial charge < -0.3 is 20.7 Å². The number of nitrogens with zero attached hydrogens (tertiary/aromatic N) is 2. The number of guanidine groups is 1. The summed E-state index contributed by atoms with van der Waals surface area (Å²) >= 11 is 0. The largest absolute Gasteiger partial charge is 0.393 e. The fourth-order valence-electron chi connectivity index (χ4n) is 3.33. The molecule has 0 aliphatic carbocycles. The molecule has 0 aromatic carbocycles. The van der Waals surface area contributed by atoms with E-state index >= 15 is 0 Å². The Bertz CT molecular complexity index is 536. The van der Waals surface area contributed by atoms with Crippen LogP contribution in [-0.4, -0.2) is 71.0 Å². The van der Waals surface area contributed by atoms with Crippen molar-refractivity contribution in [2.24, 2.45) is 21.6 Å². The molecule has 0 aromatic rings. The zero-order valence-electron chi connectivity index (χ0n) is 12.0. The molecule has 3 rings (SSSR count). The summed E-state index contributed by atoms with van der Waals surface area (Å²) in [5.41, 5.74) is 4.20. The van der Waals surface area contributed by atoms with Crippen molar-refractivity contribution in [1.82, 2.24) is 5.32 Å². The second-order valence-corrected chi connectivity index (χ2v) is 5.86. The van der Waals surface area contributed by atoms with Crippen LogP contribution in [0.4, 0.5) is 4.39 Å². The number of alkyl halides is 1. The standard InChI is InChI=1S/C13H19FN4O4/c1-2-13(4-19)10(20)6(14)9(22-13)5-3-16-8-7(5)17-12(15)18-11(8)21/h3,5-10,19-20H,2,4H2,1H3,(H3,15,17,18,21)/t5?,6-,7?,8?,9-,10-,13+/m0/s1. The Labute approximate surface area is 126 Å². The molecule has 1 saturated heterocycles. The van der Waals surface area contributed by atoms with E-state index in [1.165, 1.54) is 6.21 Å². The van der Waals surface area contributed by atoms with E-state index in [2.05, 4.69) is 15.3 Å². The predicted octanol–water partition coefficient (Wildman–Crippen LogP) is -1.89. The first-order valence-corrected chi connectivity index (χ1v) is 7.22. The molecular weight excluding hydrogens is 295 g/mol. The molecule has 1 fully saturated rings. The third-order valence-corrected chi connectivity index (χ3v) is 4.72. The molecule has 5 N–H and O–H groups in total. The van der Waals surface area contributed by atoms with Gasteiger partial charge in [-0.3, -0.25) is 15.1 Å². The molecule has 0 radical (unpaired) electrons. The molecule has 9 heteroatoms. The van der Waals surface area contributed by atoms with E-state index in [1.807, 2.05) is 0 Å². The van der Waals surface area contributed by atoms with E-state index in [0.717, 1.165) is 0 Å². The van der Waals surface area contributed by atoms with Crippen LogP contribution >= 0.6 is 0 Å². The lowest BCUT2D eigenvalue weighted by atomic mass is 9.87. The molecule has 122 valence electrons. The van der Waals surface area contributed by atoms with Crippen LogP contribution in [0.5, 0.6) is 0 Å². The molecule has 3 aliphatic heterocycles. The SMILES string of the molecule is CC[C@]1(CO)O[C@@H](C2C=NC3C(=O)NC(N)=NC32)[C@H](F)[C@@H]1O. The lowest BCUT2D eigenvalue weighted by Crippen LogP contribution is -2.53. The van der Waals surface area contributed by atoms with Crippen molar-refractivity contribution in [2.75, 3.05) is 6.61 Å². The third-order valence-electron chi connectivity index (χ3n) is 4.72. The predicted molar refractivity (Wildman–Crippen MR) is 75.2 cm³/mol. The summed E-state index contributed by atoms with van der Waals surface area (Å²) in [6.07, 6.45) is -2.50. The average Bonchev–Trinajstić information content (AvgIpc) is 3.01. The number of fused-ring (bicyclic) bond motifs is 1. The number of halogens is 1. The summed E-state index contributed by atoms with van der Waals surface area (Å²) in [5.74, 6) is -1.06. The van der Waals surface area contributed by atoms with Gasteiger partial charge in [0.1, 0.15) is 17.8 Å². The number of ether oxygens (including phenoxy) is 1. The van der Waals surface area contributed by atoms with E-state index < -0.39 is 54.5 Å². The Kier molecular flexibility index (Phi) is 3.66. The molecule has 8 nitrogen and oxygen atoms in total. The molecule has 7 atom stereocenters. The van der Waals surface area contributed by atoms with E-state index in [1.54, 1.807) is 6.92 Å². The van der Waals surface area contributed by atoms with Gasteiger partial charge in [-0.05, 0) is 6.42 Å². The Hall–Kier alpha value is -1.58. The maximum Gasteiger partial charge on any atom is 0.253 e. The number of aliphatic hydroxyl groups is 2. The fourth-order valence-corrected chi connectivity index (χ4v) is 3.33. The number of rotatable bonds is 3. The molecular formula is C13H19FN4O4. The average molecular weight is 314 g/mol. The van der Waals surface area contributed by atoms with Crippen molar-refractivity contribution in [2.45, 2.75) is 49.4 Å². The van der Waals surface area contributed by atoms with Crippen LogP contribution in [0.3, 0.4) is 0 Å². The third kappa shape index (κ3) is 2.03. The monoisotopic (exact) mass is 314 g/mol. The lowest BCUT2D eigenvalue weighted by Gasteiger charge is -2.30. The van der Waals surface area contributed by atoms with Gasteiger partial charge in [-0.15, -0.1) is 0 Å². The summed E-state index contributed by atoms with van der Waals surface area (Å²) in [5, 5.41) is 22.0. The van der Waals surface area contributed by atoms with Crippen molar-refractivity contribution in [1.29, 1.82) is 0 Å². The number of carbonyl (C=O) groups excluding carboxylic acids is 1. The second-order valence-electron chi connectivity index (χ2n) is 5.86. The van der Waals surface area contributed by atoms with Gasteiger partial charge in [-0.25, -0.2) is 9.38 Å². The van der Waals surface area contributed by atoms with Gasteiger partial charge in [0.2, 0.25) is 0 Å². The van der Waals surface area contributed by atoms with Gasteiger partial charge >= 0.3 is 0 Å². The van der Waals surface area contributed by atoms with Gasteiger partial charge in [-0.1, -0.05) is 6.92 Å². The number of amides is 1. The van der Waals surface area contributed by atoms with Crippen molar-refractivity contribution in [3.63, 3.8) is 0 Å². The van der Waals surface area contributed by atoms with E-state index in [0.29, 0.717) is 0 Å². The maximum absolute atomic E-state index is 14.5. The van der Waals surface area contributed by atoms with E-state index in [9.17, 15) is 19.4 Å². The Morgan fingerprint density at radius 2 is 2.32 bits per heavy atom. The Balaban J connectivity index is 1.88. The quantitative estimate of drug-likeness (QED) is 0.484. The van der Waals surface area contributed by atoms with Crippen LogP contribution in [0.2, 0.25) is 0 Å². The number of nitrogens with one attached hydrogen (secondary N) is 1. The van der Waals surface area contributed by atoms with Crippen molar-refractivity contribution >= 4 is 18.1 Å². The Morgan fingerprint density at radius 1 is 1.59 bits per heavy atom. The van der Waals surface area contributed by atoms with Crippen LogP contribution in [-0.2, 0) is 9.53 Å². The van der Waals surface area contributed by atoms with Gasteiger partial charge in [0, 0.05) is 12.1 Å². The highest BCUT2D eigenvalue weighted by molar-refractivity contribution is 6.03. The number of carbonyl (C=O) groups is 1. The van der Waals surface area contributed by atoms with Crippen LogP contribution < -0.4 is 11.1 Å². The van der Waals surface area contributed by atoms with Gasteiger partial charge in [0.25, 0.3) is 5.91 Å². The molecule has 1 amide bonds. The van der Waals surface area contributed by atoms with Crippen LogP contribution in [0.15, 0.2) is 9.98 Å². The zero-order valence-corrected chi connectivity index (χ0v) is 12.0. The summed E-state index contributed by atoms with van der Waals surface area (Å²) < 4.78 is 20.2. The molecule has 0 aromatic heterocycles. The highest BCUT2D eigenvalue weighted by Gasteiger charge is 2.58. The lowest BCUT2D eigenvalue weighted by molar-refractivity contribution is -0.124. The fraction of sp³-hybridized carbons (Fsp3) is 0.769. The summed E-state index contributed by atoms with van der Waals surface area (Å²) in [6.45, 7) is 1.20. The smallest absolute Gasteiger partial charge is 0.253 e. The first kappa shape index (κ1) is 15.3. The number of nitrogens with two attached hydrogens (primary N) is 1. The number of aliphatic imine (C=N–C) groups is 2. The molecule has 22 heavy (non-hydrogen) atoms. The minimum Gasteiger partial charge on any atom is -0.393 e. The number of aliphatic hydroxyl groups excluding tert-OH is 2. The first-order chi connectivity index (χ1) is 10.4. The molecule has 3 unspecified atom stereocenters. The molecule has 0 saturated carbocycles. The van der Waals surface area contributed by atoms with Crippen molar-refractivity contribution in [3.05, 3.63) is 0 Å². The maximum atomic E-state index is 14.5. The normalized spacial score (nSPS) is 47.3. The zero-order chi connectivity index (χ0) is 16.1.